The van der Waals surface area contributed by atoms with Gasteiger partial charge in [0.2, 0.25) is 0 Å². The molecule has 0 bridgehead atoms. The van der Waals surface area contributed by atoms with Crippen molar-refractivity contribution in [3.05, 3.63) is 35.9 Å². The number of carbonyl (C=O) groups is 2. The number of amides is 2. The van der Waals surface area contributed by atoms with Crippen LogP contribution in [0.15, 0.2) is 30.3 Å². The van der Waals surface area contributed by atoms with E-state index in [1.54, 1.807) is 12.0 Å². The quantitative estimate of drug-likeness (QED) is 0.610. The van der Waals surface area contributed by atoms with Crippen LogP contribution in [0.3, 0.4) is 0 Å². The number of carboxylic acids is 1. The first-order valence-corrected chi connectivity index (χ1v) is 9.50. The summed E-state index contributed by atoms with van der Waals surface area (Å²) in [7, 11) is 1.63. The Labute approximate surface area is 160 Å². The van der Waals surface area contributed by atoms with Crippen LogP contribution < -0.4 is 5.32 Å². The molecule has 1 aromatic rings. The number of piperidine rings is 1. The SMILES string of the molecule is COCCOC1CCCN(C(=O)NC(CCC(=O)O)Cc2ccccc2)C1. The maximum atomic E-state index is 12.7. The van der Waals surface area contributed by atoms with Crippen molar-refractivity contribution in [2.24, 2.45) is 0 Å². The molecular formula is C20H30N2O5. The average Bonchev–Trinajstić information content (AvgIpc) is 2.67. The fourth-order valence-corrected chi connectivity index (χ4v) is 3.24. The van der Waals surface area contributed by atoms with Crippen molar-refractivity contribution in [3.63, 3.8) is 0 Å². The topological polar surface area (TPSA) is 88.1 Å². The molecule has 1 heterocycles. The number of benzene rings is 1. The molecule has 0 aromatic heterocycles. The summed E-state index contributed by atoms with van der Waals surface area (Å²) in [5.74, 6) is -0.855. The first kappa shape index (κ1) is 21.2. The highest BCUT2D eigenvalue weighted by molar-refractivity contribution is 5.75. The van der Waals surface area contributed by atoms with E-state index in [4.69, 9.17) is 14.6 Å². The van der Waals surface area contributed by atoms with Gasteiger partial charge in [-0.2, -0.15) is 0 Å². The van der Waals surface area contributed by atoms with Gasteiger partial charge in [-0.05, 0) is 31.2 Å². The third-order valence-corrected chi connectivity index (χ3v) is 4.67. The molecule has 1 aliphatic heterocycles. The van der Waals surface area contributed by atoms with E-state index in [9.17, 15) is 9.59 Å². The molecule has 0 spiro atoms. The van der Waals surface area contributed by atoms with Gasteiger partial charge in [0, 0.05) is 32.7 Å². The van der Waals surface area contributed by atoms with Gasteiger partial charge in [0.05, 0.1) is 19.3 Å². The second kappa shape index (κ2) is 11.6. The number of carbonyl (C=O) groups excluding carboxylic acids is 1. The minimum Gasteiger partial charge on any atom is -0.481 e. The van der Waals surface area contributed by atoms with Crippen LogP contribution in [0, 0.1) is 0 Å². The number of hydrogen-bond acceptors (Lipinski definition) is 4. The molecule has 2 atom stereocenters. The van der Waals surface area contributed by atoms with Gasteiger partial charge in [-0.3, -0.25) is 4.79 Å². The van der Waals surface area contributed by atoms with Gasteiger partial charge in [-0.25, -0.2) is 4.79 Å². The summed E-state index contributed by atoms with van der Waals surface area (Å²) in [6.07, 6.45) is 2.88. The number of carboxylic acid groups (broad SMARTS) is 1. The molecule has 27 heavy (non-hydrogen) atoms. The monoisotopic (exact) mass is 378 g/mol. The second-order valence-corrected chi connectivity index (χ2v) is 6.84. The number of urea groups is 1. The maximum Gasteiger partial charge on any atom is 0.317 e. The number of hydrogen-bond donors (Lipinski definition) is 2. The van der Waals surface area contributed by atoms with E-state index in [0.717, 1.165) is 18.4 Å². The van der Waals surface area contributed by atoms with Gasteiger partial charge < -0.3 is 24.8 Å². The highest BCUT2D eigenvalue weighted by Gasteiger charge is 2.25. The summed E-state index contributed by atoms with van der Waals surface area (Å²) in [5.41, 5.74) is 1.08. The molecule has 1 fully saturated rings. The third kappa shape index (κ3) is 7.97. The van der Waals surface area contributed by atoms with Crippen molar-refractivity contribution in [2.45, 2.75) is 44.2 Å². The lowest BCUT2D eigenvalue weighted by atomic mass is 10.0. The van der Waals surface area contributed by atoms with Crippen LogP contribution >= 0.6 is 0 Å². The fourth-order valence-electron chi connectivity index (χ4n) is 3.24. The predicted octanol–water partition coefficient (Wildman–Crippen LogP) is 2.30. The number of likely N-dealkylation sites (tertiary alicyclic amines) is 1. The standard InChI is InChI=1S/C20H30N2O5/c1-26-12-13-27-18-8-5-11-22(15-18)20(25)21-17(9-10-19(23)24)14-16-6-3-2-4-7-16/h2-4,6-7,17-18H,5,8-15H2,1H3,(H,21,25)(H,23,24). The first-order chi connectivity index (χ1) is 13.1. The van der Waals surface area contributed by atoms with E-state index < -0.39 is 5.97 Å². The Bertz CT molecular complexity index is 581. The van der Waals surface area contributed by atoms with Gasteiger partial charge >= 0.3 is 12.0 Å². The van der Waals surface area contributed by atoms with Crippen LogP contribution in [0.5, 0.6) is 0 Å². The number of nitrogens with one attached hydrogen (secondary N) is 1. The number of ether oxygens (including phenoxy) is 2. The van der Waals surface area contributed by atoms with Crippen molar-refractivity contribution in [1.29, 1.82) is 0 Å². The highest BCUT2D eigenvalue weighted by atomic mass is 16.5. The maximum absolute atomic E-state index is 12.7. The predicted molar refractivity (Wildman–Crippen MR) is 102 cm³/mol. The lowest BCUT2D eigenvalue weighted by molar-refractivity contribution is -0.137. The zero-order chi connectivity index (χ0) is 19.5. The van der Waals surface area contributed by atoms with Gasteiger partial charge in [-0.1, -0.05) is 30.3 Å². The van der Waals surface area contributed by atoms with Gasteiger partial charge in [-0.15, -0.1) is 0 Å². The summed E-state index contributed by atoms with van der Waals surface area (Å²) in [6.45, 7) is 2.29. The van der Waals surface area contributed by atoms with Gasteiger partial charge in [0.1, 0.15) is 0 Å². The lowest BCUT2D eigenvalue weighted by Gasteiger charge is -2.34. The summed E-state index contributed by atoms with van der Waals surface area (Å²) < 4.78 is 10.8. The molecule has 1 saturated heterocycles. The van der Waals surface area contributed by atoms with Gasteiger partial charge in [0.15, 0.2) is 0 Å². The number of aliphatic carboxylic acids is 1. The van der Waals surface area contributed by atoms with Crippen molar-refractivity contribution >= 4 is 12.0 Å². The molecule has 7 nitrogen and oxygen atoms in total. The van der Waals surface area contributed by atoms with Crippen molar-refractivity contribution in [2.75, 3.05) is 33.4 Å². The van der Waals surface area contributed by atoms with E-state index in [-0.39, 0.29) is 24.6 Å². The Morgan fingerprint density at radius 2 is 2.07 bits per heavy atom. The molecule has 1 aliphatic rings. The summed E-state index contributed by atoms with van der Waals surface area (Å²) in [4.78, 5) is 25.4. The van der Waals surface area contributed by atoms with E-state index >= 15 is 0 Å². The van der Waals surface area contributed by atoms with E-state index in [2.05, 4.69) is 5.32 Å². The Hall–Kier alpha value is -2.12. The van der Waals surface area contributed by atoms with Crippen molar-refractivity contribution in [3.8, 4) is 0 Å². The second-order valence-electron chi connectivity index (χ2n) is 6.84. The van der Waals surface area contributed by atoms with Crippen LogP contribution in [0.1, 0.15) is 31.2 Å². The number of rotatable bonds is 10. The molecule has 2 amide bonds. The highest BCUT2D eigenvalue weighted by Crippen LogP contribution is 2.15. The Morgan fingerprint density at radius 1 is 1.30 bits per heavy atom. The molecule has 1 aromatic carbocycles. The van der Waals surface area contributed by atoms with E-state index in [1.165, 1.54) is 0 Å². The zero-order valence-corrected chi connectivity index (χ0v) is 15.9. The van der Waals surface area contributed by atoms with Crippen LogP contribution in [0.25, 0.3) is 0 Å². The summed E-state index contributed by atoms with van der Waals surface area (Å²) in [5, 5.41) is 12.0. The normalized spacial score (nSPS) is 18.1. The average molecular weight is 378 g/mol. The molecule has 7 heteroatoms. The van der Waals surface area contributed by atoms with Crippen molar-refractivity contribution in [1.82, 2.24) is 10.2 Å². The zero-order valence-electron chi connectivity index (χ0n) is 15.9. The Kier molecular flexibility index (Phi) is 9.07. The molecule has 2 N–H and O–H groups in total. The lowest BCUT2D eigenvalue weighted by Crippen LogP contribution is -2.51. The summed E-state index contributed by atoms with van der Waals surface area (Å²) >= 11 is 0. The van der Waals surface area contributed by atoms with Crippen LogP contribution in [-0.4, -0.2) is 67.6 Å². The minimum atomic E-state index is -0.855. The van der Waals surface area contributed by atoms with Crippen LogP contribution in [-0.2, 0) is 20.7 Å². The molecule has 2 rings (SSSR count). The molecule has 0 aliphatic carbocycles. The Balaban J connectivity index is 1.89. The summed E-state index contributed by atoms with van der Waals surface area (Å²) in [6, 6.07) is 9.43. The molecule has 150 valence electrons. The van der Waals surface area contributed by atoms with Gasteiger partial charge in [0.25, 0.3) is 0 Å². The largest absolute Gasteiger partial charge is 0.481 e. The molecule has 2 unspecified atom stereocenters. The molecule has 0 radical (unpaired) electrons. The minimum absolute atomic E-state index is 0.0197. The first-order valence-electron chi connectivity index (χ1n) is 9.50. The van der Waals surface area contributed by atoms with Crippen LogP contribution in [0.2, 0.25) is 0 Å². The number of methoxy groups -OCH3 is 1. The molecule has 0 saturated carbocycles. The van der Waals surface area contributed by atoms with E-state index in [0.29, 0.717) is 39.1 Å². The number of nitrogens with zero attached hydrogens (tertiary/aromatic N) is 1. The molecular weight excluding hydrogens is 348 g/mol. The van der Waals surface area contributed by atoms with E-state index in [1.807, 2.05) is 30.3 Å². The smallest absolute Gasteiger partial charge is 0.317 e. The Morgan fingerprint density at radius 3 is 2.78 bits per heavy atom. The third-order valence-electron chi connectivity index (χ3n) is 4.67. The van der Waals surface area contributed by atoms with Crippen molar-refractivity contribution < 1.29 is 24.2 Å². The van der Waals surface area contributed by atoms with Crippen LogP contribution in [0.4, 0.5) is 4.79 Å². The fraction of sp³-hybridized carbons (Fsp3) is 0.600.